The first-order valence-corrected chi connectivity index (χ1v) is 11.0. The second-order valence-corrected chi connectivity index (χ2v) is 11.5. The van der Waals surface area contributed by atoms with Crippen LogP contribution in [0.1, 0.15) is 20.8 Å². The lowest BCUT2D eigenvalue weighted by Gasteiger charge is -2.31. The van der Waals surface area contributed by atoms with E-state index >= 15 is 4.39 Å². The van der Waals surface area contributed by atoms with E-state index < -0.39 is 8.07 Å². The van der Waals surface area contributed by atoms with Crippen molar-refractivity contribution in [2.24, 2.45) is 0 Å². The van der Waals surface area contributed by atoms with Gasteiger partial charge in [-0.05, 0) is 16.8 Å². The van der Waals surface area contributed by atoms with Gasteiger partial charge in [-0.1, -0.05) is 91.2 Å². The van der Waals surface area contributed by atoms with Gasteiger partial charge < -0.3 is 0 Å². The van der Waals surface area contributed by atoms with Gasteiger partial charge in [-0.3, -0.25) is 0 Å². The molecule has 2 aromatic rings. The number of rotatable bonds is 5. The van der Waals surface area contributed by atoms with Crippen LogP contribution in [0.3, 0.4) is 0 Å². The first-order chi connectivity index (χ1) is 10.1. The van der Waals surface area contributed by atoms with Crippen LogP contribution in [0.25, 0.3) is 11.1 Å². The Balaban J connectivity index is 2.68. The second kappa shape index (κ2) is 6.88. The van der Waals surface area contributed by atoms with E-state index in [0.29, 0.717) is 0 Å². The first kappa shape index (κ1) is 16.4. The van der Waals surface area contributed by atoms with Gasteiger partial charge >= 0.3 is 0 Å². The summed E-state index contributed by atoms with van der Waals surface area (Å²) < 4.78 is 16.2. The van der Waals surface area contributed by atoms with Crippen LogP contribution in [0.5, 0.6) is 0 Å². The highest BCUT2D eigenvalue weighted by Crippen LogP contribution is 2.30. The SMILES string of the molecule is CC[Si](CC)(CC)c1c(Br)ccc(-c2ccccc2)c1F. The van der Waals surface area contributed by atoms with E-state index in [-0.39, 0.29) is 5.82 Å². The van der Waals surface area contributed by atoms with Crippen LogP contribution in [0.15, 0.2) is 46.9 Å². The Kier molecular flexibility index (Phi) is 5.39. The predicted molar refractivity (Wildman–Crippen MR) is 96.4 cm³/mol. The number of halogens is 2. The third-order valence-corrected chi connectivity index (χ3v) is 11.4. The monoisotopic (exact) mass is 364 g/mol. The van der Waals surface area contributed by atoms with E-state index in [4.69, 9.17) is 0 Å². The molecule has 21 heavy (non-hydrogen) atoms. The van der Waals surface area contributed by atoms with Crippen LogP contribution in [-0.4, -0.2) is 8.07 Å². The van der Waals surface area contributed by atoms with Crippen molar-refractivity contribution in [2.75, 3.05) is 0 Å². The first-order valence-electron chi connectivity index (χ1n) is 7.63. The van der Waals surface area contributed by atoms with Gasteiger partial charge in [0.05, 0.1) is 8.07 Å². The lowest BCUT2D eigenvalue weighted by Crippen LogP contribution is -2.48. The minimum atomic E-state index is -1.77. The van der Waals surface area contributed by atoms with Crippen LogP contribution in [0, 0.1) is 5.82 Å². The molecular weight excluding hydrogens is 343 g/mol. The van der Waals surface area contributed by atoms with Gasteiger partial charge in [0, 0.05) is 10.0 Å². The standard InChI is InChI=1S/C18H22BrFSi/c1-4-21(5-2,6-3)18-16(19)13-12-15(17(18)20)14-10-8-7-9-11-14/h7-13H,4-6H2,1-3H3. The van der Waals surface area contributed by atoms with Crippen LogP contribution in [0.4, 0.5) is 4.39 Å². The van der Waals surface area contributed by atoms with Crippen molar-refractivity contribution in [1.82, 2.24) is 0 Å². The van der Waals surface area contributed by atoms with Crippen molar-refractivity contribution in [3.05, 3.63) is 52.8 Å². The topological polar surface area (TPSA) is 0 Å². The molecule has 0 atom stereocenters. The third kappa shape index (κ3) is 2.99. The van der Waals surface area contributed by atoms with E-state index in [0.717, 1.165) is 38.9 Å². The van der Waals surface area contributed by atoms with Gasteiger partial charge in [-0.2, -0.15) is 0 Å². The average Bonchev–Trinajstić information content (AvgIpc) is 2.53. The van der Waals surface area contributed by atoms with Crippen molar-refractivity contribution in [2.45, 2.75) is 38.9 Å². The van der Waals surface area contributed by atoms with E-state index in [2.05, 4.69) is 36.7 Å². The number of hydrogen-bond donors (Lipinski definition) is 0. The molecule has 3 heteroatoms. The molecule has 0 radical (unpaired) electrons. The highest BCUT2D eigenvalue weighted by atomic mass is 79.9. The fraction of sp³-hybridized carbons (Fsp3) is 0.333. The Morgan fingerprint density at radius 2 is 1.48 bits per heavy atom. The number of hydrogen-bond acceptors (Lipinski definition) is 0. The molecule has 0 aliphatic heterocycles. The smallest absolute Gasteiger partial charge is 0.131 e. The largest absolute Gasteiger partial charge is 0.206 e. The maximum Gasteiger partial charge on any atom is 0.131 e. The van der Waals surface area contributed by atoms with Gasteiger partial charge in [0.25, 0.3) is 0 Å². The molecule has 0 bridgehead atoms. The summed E-state index contributed by atoms with van der Waals surface area (Å²) >= 11 is 3.61. The average molecular weight is 365 g/mol. The molecule has 0 nitrogen and oxygen atoms in total. The zero-order chi connectivity index (χ0) is 15.5. The fourth-order valence-corrected chi connectivity index (χ4v) is 8.48. The predicted octanol–water partition coefficient (Wildman–Crippen LogP) is 5.97. The molecule has 0 amide bonds. The molecule has 0 aliphatic rings. The van der Waals surface area contributed by atoms with E-state index in [1.54, 1.807) is 0 Å². The second-order valence-electron chi connectivity index (χ2n) is 5.49. The maximum absolute atomic E-state index is 15.3. The van der Waals surface area contributed by atoms with Crippen molar-refractivity contribution < 1.29 is 4.39 Å². The van der Waals surface area contributed by atoms with Crippen LogP contribution in [0.2, 0.25) is 18.1 Å². The third-order valence-electron chi connectivity index (χ3n) is 4.74. The van der Waals surface area contributed by atoms with Crippen molar-refractivity contribution in [3.8, 4) is 11.1 Å². The Morgan fingerprint density at radius 3 is 2.00 bits per heavy atom. The summed E-state index contributed by atoms with van der Waals surface area (Å²) in [5.74, 6) is -0.0206. The van der Waals surface area contributed by atoms with Gasteiger partial charge in [-0.15, -0.1) is 0 Å². The minimum Gasteiger partial charge on any atom is -0.206 e. The molecule has 0 saturated heterocycles. The van der Waals surface area contributed by atoms with Crippen molar-refractivity contribution in [3.63, 3.8) is 0 Å². The van der Waals surface area contributed by atoms with Crippen LogP contribution in [-0.2, 0) is 0 Å². The summed E-state index contributed by atoms with van der Waals surface area (Å²) in [7, 11) is -1.77. The summed E-state index contributed by atoms with van der Waals surface area (Å²) in [5, 5.41) is 0.969. The molecule has 0 fully saturated rings. The zero-order valence-electron chi connectivity index (χ0n) is 12.9. The van der Waals surface area contributed by atoms with Gasteiger partial charge in [-0.25, -0.2) is 4.39 Å². The minimum absolute atomic E-state index is 0.0206. The lowest BCUT2D eigenvalue weighted by molar-refractivity contribution is 0.637. The van der Waals surface area contributed by atoms with Gasteiger partial charge in [0.1, 0.15) is 5.82 Å². The lowest BCUT2D eigenvalue weighted by atomic mass is 10.1. The fourth-order valence-electron chi connectivity index (χ4n) is 3.16. The van der Waals surface area contributed by atoms with Gasteiger partial charge in [0.15, 0.2) is 0 Å². The normalized spacial score (nSPS) is 11.7. The zero-order valence-corrected chi connectivity index (χ0v) is 15.5. The molecule has 2 aromatic carbocycles. The van der Waals surface area contributed by atoms with E-state index in [1.807, 2.05) is 42.5 Å². The molecular formula is C18H22BrFSi. The Bertz CT molecular complexity index is 598. The van der Waals surface area contributed by atoms with Crippen LogP contribution >= 0.6 is 15.9 Å². The summed E-state index contributed by atoms with van der Waals surface area (Å²) in [6, 6.07) is 17.0. The molecule has 0 saturated carbocycles. The summed E-state index contributed by atoms with van der Waals surface area (Å²) in [6.45, 7) is 6.63. The molecule has 0 heterocycles. The molecule has 0 aromatic heterocycles. The summed E-state index contributed by atoms with van der Waals surface area (Å²) in [4.78, 5) is 0. The Labute approximate surface area is 136 Å². The maximum atomic E-state index is 15.3. The van der Waals surface area contributed by atoms with Crippen LogP contribution < -0.4 is 5.19 Å². The molecule has 0 aliphatic carbocycles. The quantitative estimate of drug-likeness (QED) is 0.573. The number of benzene rings is 2. The van der Waals surface area contributed by atoms with E-state index in [9.17, 15) is 0 Å². The van der Waals surface area contributed by atoms with E-state index in [1.165, 1.54) is 0 Å². The van der Waals surface area contributed by atoms with Crippen molar-refractivity contribution >= 4 is 29.2 Å². The highest BCUT2D eigenvalue weighted by Gasteiger charge is 2.34. The van der Waals surface area contributed by atoms with Crippen molar-refractivity contribution in [1.29, 1.82) is 0 Å². The summed E-state index contributed by atoms with van der Waals surface area (Å²) in [6.07, 6.45) is 0. The molecule has 0 unspecified atom stereocenters. The highest BCUT2D eigenvalue weighted by molar-refractivity contribution is 9.10. The molecule has 112 valence electrons. The Morgan fingerprint density at radius 1 is 0.905 bits per heavy atom. The molecule has 0 N–H and O–H groups in total. The Hall–Kier alpha value is -0.933. The summed E-state index contributed by atoms with van der Waals surface area (Å²) in [5.41, 5.74) is 1.68. The molecule has 2 rings (SSSR count). The van der Waals surface area contributed by atoms with Gasteiger partial charge in [0.2, 0.25) is 0 Å². The molecule has 0 spiro atoms.